The lowest BCUT2D eigenvalue weighted by atomic mass is 10.2. The highest BCUT2D eigenvalue weighted by atomic mass is 16.6. The van der Waals surface area contributed by atoms with Gasteiger partial charge in [0, 0.05) is 11.4 Å². The van der Waals surface area contributed by atoms with Crippen molar-refractivity contribution in [2.45, 2.75) is 12.5 Å². The molecule has 0 radical (unpaired) electrons. The first-order valence-corrected chi connectivity index (χ1v) is 3.28. The van der Waals surface area contributed by atoms with Gasteiger partial charge >= 0.3 is 0 Å². The number of rotatable bonds is 5. The molecular weight excluding hydrogens is 150 g/mol. The van der Waals surface area contributed by atoms with Gasteiger partial charge in [-0.2, -0.15) is 5.43 Å². The van der Waals surface area contributed by atoms with Gasteiger partial charge in [0.15, 0.2) is 0 Å². The highest BCUT2D eigenvalue weighted by Gasteiger charge is 2.05. The van der Waals surface area contributed by atoms with Gasteiger partial charge in [-0.25, -0.2) is 0 Å². The molecule has 0 aromatic carbocycles. The van der Waals surface area contributed by atoms with E-state index in [0.29, 0.717) is 19.5 Å². The number of nitrogens with two attached hydrogens (primary N) is 1. The largest absolute Gasteiger partial charge is 0.737 e. The van der Waals surface area contributed by atoms with Gasteiger partial charge in [-0.05, 0) is 11.8 Å². The summed E-state index contributed by atoms with van der Waals surface area (Å²) in [6.45, 7) is 0.829. The molecule has 11 heavy (non-hydrogen) atoms. The summed E-state index contributed by atoms with van der Waals surface area (Å²) in [5, 5.41) is 21.8. The molecule has 7 nitrogen and oxygen atoms in total. The Bertz CT molecular complexity index is 128. The van der Waals surface area contributed by atoms with Gasteiger partial charge in [0.05, 0.1) is 0 Å². The second kappa shape index (κ2) is 5.69. The molecule has 1 unspecified atom stereocenters. The van der Waals surface area contributed by atoms with Gasteiger partial charge in [0.1, 0.15) is 12.6 Å². The Labute approximate surface area is 64.2 Å². The molecule has 0 heterocycles. The van der Waals surface area contributed by atoms with Crippen molar-refractivity contribution in [3.63, 3.8) is 0 Å². The smallest absolute Gasteiger partial charge is 0.125 e. The van der Waals surface area contributed by atoms with Crippen LogP contribution >= 0.6 is 0 Å². The molecule has 7 heteroatoms. The topological polar surface area (TPSA) is 127 Å². The van der Waals surface area contributed by atoms with Crippen LogP contribution in [0, 0.1) is 10.4 Å². The number of nitrogens with one attached hydrogen (secondary N) is 1. The van der Waals surface area contributed by atoms with E-state index in [1.165, 1.54) is 0 Å². The van der Waals surface area contributed by atoms with Crippen LogP contribution in [0.15, 0.2) is 5.28 Å². The predicted molar refractivity (Wildman–Crippen MR) is 37.8 cm³/mol. The molecule has 0 amide bonds. The molecule has 0 aliphatic heterocycles. The number of nitrogens with zero attached hydrogens (tertiary/aromatic N) is 2. The second-order valence-electron chi connectivity index (χ2n) is 2.16. The molecule has 0 fully saturated rings. The van der Waals surface area contributed by atoms with Crippen LogP contribution in [0.4, 0.5) is 0 Å². The number of quaternary nitrogens is 1. The maximum Gasteiger partial charge on any atom is 0.125 e. The standard InChI is InChI=1S/C4H13N5O2/c5-2-1-4(6)3-7-9(11)8-10/h4,10H,1-3,5-6H2,(H,7,8). The Morgan fingerprint density at radius 1 is 1.73 bits per heavy atom. The molecule has 0 aromatic heterocycles. The number of hydrogen-bond donors (Lipinski definition) is 3. The van der Waals surface area contributed by atoms with Crippen molar-refractivity contribution >= 4 is 0 Å². The van der Waals surface area contributed by atoms with Gasteiger partial charge in [-0.3, -0.25) is 0 Å². The molecule has 0 saturated heterocycles. The lowest BCUT2D eigenvalue weighted by molar-refractivity contribution is -0.593. The van der Waals surface area contributed by atoms with Crippen LogP contribution in [0.2, 0.25) is 0 Å². The van der Waals surface area contributed by atoms with E-state index in [4.69, 9.17) is 5.73 Å². The van der Waals surface area contributed by atoms with E-state index in [1.807, 2.05) is 0 Å². The predicted octanol–water partition coefficient (Wildman–Crippen LogP) is -2.09. The van der Waals surface area contributed by atoms with E-state index >= 15 is 0 Å². The van der Waals surface area contributed by atoms with Crippen LogP contribution in [0.1, 0.15) is 6.42 Å². The Morgan fingerprint density at radius 2 is 2.36 bits per heavy atom. The lowest BCUT2D eigenvalue weighted by Gasteiger charge is -2.06. The first-order valence-electron chi connectivity index (χ1n) is 3.28. The summed E-state index contributed by atoms with van der Waals surface area (Å²) in [5.41, 5.74) is 11.1. The quantitative estimate of drug-likeness (QED) is 0.244. The zero-order valence-electron chi connectivity index (χ0n) is 6.19. The van der Waals surface area contributed by atoms with Gasteiger partial charge in [0.2, 0.25) is 0 Å². The van der Waals surface area contributed by atoms with Gasteiger partial charge < -0.3 is 21.9 Å². The third kappa shape index (κ3) is 5.37. The Morgan fingerprint density at radius 3 is 2.82 bits per heavy atom. The highest BCUT2D eigenvalue weighted by Crippen LogP contribution is 1.79. The van der Waals surface area contributed by atoms with Crippen LogP contribution in [0.3, 0.4) is 0 Å². The van der Waals surface area contributed by atoms with Crippen molar-refractivity contribution in [3.05, 3.63) is 10.4 Å². The summed E-state index contributed by atoms with van der Waals surface area (Å²) in [6.07, 6.45) is 0.708. The minimum Gasteiger partial charge on any atom is -0.737 e. The fourth-order valence-electron chi connectivity index (χ4n) is 0.574. The molecule has 0 aliphatic rings. The summed E-state index contributed by atoms with van der Waals surface area (Å²) in [6, 6.07) is 0.0261. The van der Waals surface area contributed by atoms with Crippen molar-refractivity contribution < 1.29 is 10.7 Å². The third-order valence-electron chi connectivity index (χ3n) is 1.16. The van der Waals surface area contributed by atoms with Crippen molar-refractivity contribution in [1.29, 1.82) is 0 Å². The minimum atomic E-state index is -0.130. The second-order valence-corrected chi connectivity index (χ2v) is 2.16. The zero-order chi connectivity index (χ0) is 8.69. The molecule has 6 N–H and O–H groups in total. The van der Waals surface area contributed by atoms with Crippen molar-refractivity contribution in [2.24, 2.45) is 11.0 Å². The molecule has 0 saturated carbocycles. The normalized spacial score (nSPS) is 14.5. The van der Waals surface area contributed by atoms with E-state index < -0.39 is 0 Å². The first-order chi connectivity index (χ1) is 5.20. The zero-order valence-corrected chi connectivity index (χ0v) is 6.19. The number of hydrazine groups is 1. The van der Waals surface area contributed by atoms with Crippen LogP contribution in [-0.2, 0) is 0 Å². The first kappa shape index (κ1) is 9.92. The summed E-state index contributed by atoms with van der Waals surface area (Å²) >= 11 is 0. The van der Waals surface area contributed by atoms with E-state index in [0.717, 1.165) is 0 Å². The van der Waals surface area contributed by atoms with E-state index in [1.54, 1.807) is 0 Å². The molecule has 1 atom stereocenters. The van der Waals surface area contributed by atoms with Crippen LogP contribution in [0.5, 0.6) is 0 Å². The van der Waals surface area contributed by atoms with Crippen molar-refractivity contribution in [1.82, 2.24) is 5.43 Å². The Kier molecular flexibility index (Phi) is 5.13. The van der Waals surface area contributed by atoms with Crippen LogP contribution in [-0.4, -0.2) is 24.1 Å². The summed E-state index contributed by atoms with van der Waals surface area (Å²) in [4.78, 5) is -0.130. The maximum atomic E-state index is 10.2. The molecule has 0 rings (SSSR count). The minimum absolute atomic E-state index is 0.0261. The summed E-state index contributed by atoms with van der Waals surface area (Å²) in [5.74, 6) is 0. The van der Waals surface area contributed by atoms with Gasteiger partial charge in [-0.1, -0.05) is 0 Å². The van der Waals surface area contributed by atoms with E-state index in [2.05, 4.69) is 16.4 Å². The summed E-state index contributed by atoms with van der Waals surface area (Å²) < 4.78 is 0. The monoisotopic (exact) mass is 163 g/mol. The molecular formula is C4H13N5O2. The molecule has 0 bridgehead atoms. The van der Waals surface area contributed by atoms with Crippen molar-refractivity contribution in [2.75, 3.05) is 13.1 Å². The molecule has 0 aliphatic carbocycles. The third-order valence-corrected chi connectivity index (χ3v) is 1.16. The molecule has 66 valence electrons. The van der Waals surface area contributed by atoms with Gasteiger partial charge in [-0.15, -0.1) is 0 Å². The fraction of sp³-hybridized carbons (Fsp3) is 1.00. The average molecular weight is 163 g/mol. The van der Waals surface area contributed by atoms with E-state index in [-0.39, 0.29) is 11.0 Å². The lowest BCUT2D eigenvalue weighted by Crippen LogP contribution is -2.65. The Hall–Kier alpha value is -1.08. The fourth-order valence-corrected chi connectivity index (χ4v) is 0.574. The van der Waals surface area contributed by atoms with E-state index in [9.17, 15) is 10.4 Å². The maximum absolute atomic E-state index is 10.2. The average Bonchev–Trinajstić information content (AvgIpc) is 2.01. The molecule has 0 spiro atoms. The van der Waals surface area contributed by atoms with Crippen LogP contribution < -0.4 is 16.9 Å². The van der Waals surface area contributed by atoms with Gasteiger partial charge in [0.25, 0.3) is 0 Å². The van der Waals surface area contributed by atoms with Crippen molar-refractivity contribution in [3.8, 4) is 0 Å². The number of hydrogen-bond acceptors (Lipinski definition) is 4. The highest BCUT2D eigenvalue weighted by molar-refractivity contribution is 4.53. The SMILES string of the molecule is NCCC([NH3+])CN/[N+]([O-])=N/[O-]. The Balaban J connectivity index is 3.37. The van der Waals surface area contributed by atoms with Crippen LogP contribution in [0.25, 0.3) is 0 Å². The summed E-state index contributed by atoms with van der Waals surface area (Å²) in [7, 11) is 0. The molecule has 0 aromatic rings.